The molecule has 0 N–H and O–H groups in total. The Balaban J connectivity index is 1.50. The largest absolute Gasteiger partial charge is 0.497 e. The Hall–Kier alpha value is -1.59. The maximum absolute atomic E-state index is 11.3. The normalized spacial score (nSPS) is 25.7. The van der Waals surface area contributed by atoms with Crippen molar-refractivity contribution in [1.29, 1.82) is 0 Å². The average Bonchev–Trinajstić information content (AvgIpc) is 2.45. The first kappa shape index (κ1) is 12.4. The van der Waals surface area contributed by atoms with Crippen molar-refractivity contribution in [2.45, 2.75) is 25.4 Å². The van der Waals surface area contributed by atoms with Gasteiger partial charge in [-0.15, -0.1) is 0 Å². The number of rotatable bonds is 4. The monoisotopic (exact) mass is 263 g/mol. The summed E-state index contributed by atoms with van der Waals surface area (Å²) in [6.07, 6.45) is 0.474. The van der Waals surface area contributed by atoms with Crippen LogP contribution in [-0.4, -0.2) is 43.4 Å². The number of benzene rings is 1. The average molecular weight is 263 g/mol. The molecule has 19 heavy (non-hydrogen) atoms. The van der Waals surface area contributed by atoms with E-state index in [4.69, 9.17) is 14.2 Å². The molecule has 1 aromatic rings. The van der Waals surface area contributed by atoms with Crippen LogP contribution in [0.3, 0.4) is 0 Å². The molecule has 2 atom stereocenters. The molecular formula is C14H17NO4. The Labute approximate surface area is 112 Å². The van der Waals surface area contributed by atoms with E-state index in [1.807, 2.05) is 24.3 Å². The highest BCUT2D eigenvalue weighted by molar-refractivity contribution is 5.82. The van der Waals surface area contributed by atoms with Crippen LogP contribution in [0.15, 0.2) is 24.3 Å². The van der Waals surface area contributed by atoms with E-state index >= 15 is 0 Å². The van der Waals surface area contributed by atoms with E-state index in [9.17, 15) is 4.79 Å². The topological polar surface area (TPSA) is 48.0 Å². The minimum Gasteiger partial charge on any atom is -0.497 e. The van der Waals surface area contributed by atoms with Gasteiger partial charge in [0.2, 0.25) is 5.91 Å². The molecule has 2 saturated heterocycles. The van der Waals surface area contributed by atoms with E-state index in [2.05, 4.69) is 0 Å². The third kappa shape index (κ3) is 2.57. The minimum atomic E-state index is -0.0393. The molecule has 0 saturated carbocycles. The van der Waals surface area contributed by atoms with E-state index in [1.54, 1.807) is 12.0 Å². The van der Waals surface area contributed by atoms with E-state index in [0.29, 0.717) is 26.2 Å². The molecule has 2 aliphatic rings. The van der Waals surface area contributed by atoms with Crippen molar-refractivity contribution in [3.8, 4) is 5.75 Å². The summed E-state index contributed by atoms with van der Waals surface area (Å²) in [5, 5.41) is 0. The first-order valence-electron chi connectivity index (χ1n) is 6.42. The highest BCUT2D eigenvalue weighted by atomic mass is 16.6. The Morgan fingerprint density at radius 3 is 2.84 bits per heavy atom. The van der Waals surface area contributed by atoms with Gasteiger partial charge in [0.15, 0.2) is 0 Å². The van der Waals surface area contributed by atoms with E-state index < -0.39 is 0 Å². The molecule has 0 aliphatic carbocycles. The number of carbonyl (C=O) groups is 1. The summed E-state index contributed by atoms with van der Waals surface area (Å²) in [6.45, 7) is 1.72. The van der Waals surface area contributed by atoms with Crippen LogP contribution in [-0.2, 0) is 20.9 Å². The lowest BCUT2D eigenvalue weighted by Gasteiger charge is -2.45. The number of hydrogen-bond acceptors (Lipinski definition) is 4. The number of methoxy groups -OCH3 is 1. The van der Waals surface area contributed by atoms with Crippen LogP contribution in [0.25, 0.3) is 0 Å². The van der Waals surface area contributed by atoms with Crippen LogP contribution in [0, 0.1) is 0 Å². The lowest BCUT2D eigenvalue weighted by molar-refractivity contribution is -0.209. The second-order valence-electron chi connectivity index (χ2n) is 4.82. The van der Waals surface area contributed by atoms with Crippen LogP contribution >= 0.6 is 0 Å². The highest BCUT2D eigenvalue weighted by Crippen LogP contribution is 2.25. The van der Waals surface area contributed by atoms with Crippen LogP contribution in [0.4, 0.5) is 0 Å². The summed E-state index contributed by atoms with van der Waals surface area (Å²) >= 11 is 0. The fourth-order valence-corrected chi connectivity index (χ4v) is 2.32. The van der Waals surface area contributed by atoms with Gasteiger partial charge >= 0.3 is 0 Å². The summed E-state index contributed by atoms with van der Waals surface area (Å²) < 4.78 is 16.4. The maximum Gasteiger partial charge on any atom is 0.229 e. The van der Waals surface area contributed by atoms with Crippen molar-refractivity contribution in [2.75, 3.05) is 20.3 Å². The summed E-state index contributed by atoms with van der Waals surface area (Å²) in [4.78, 5) is 13.1. The molecular weight excluding hydrogens is 246 g/mol. The zero-order valence-electron chi connectivity index (χ0n) is 10.9. The predicted octanol–water partition coefficient (Wildman–Crippen LogP) is 1.17. The maximum atomic E-state index is 11.3. The molecule has 102 valence electrons. The summed E-state index contributed by atoms with van der Waals surface area (Å²) in [5.74, 6) is 0.988. The lowest BCUT2D eigenvalue weighted by atomic mass is 10.1. The number of fused-ring (bicyclic) bond motifs is 1. The Bertz CT molecular complexity index is 459. The van der Waals surface area contributed by atoms with Crippen molar-refractivity contribution in [3.63, 3.8) is 0 Å². The Morgan fingerprint density at radius 1 is 1.37 bits per heavy atom. The summed E-state index contributed by atoms with van der Waals surface area (Å²) in [5.41, 5.74) is 1.08. The Kier molecular flexibility index (Phi) is 3.40. The summed E-state index contributed by atoms with van der Waals surface area (Å²) in [7, 11) is 1.64. The third-order valence-electron chi connectivity index (χ3n) is 3.54. The number of amides is 1. The second-order valence-corrected chi connectivity index (χ2v) is 4.82. The molecule has 1 aromatic carbocycles. The highest BCUT2D eigenvalue weighted by Gasteiger charge is 2.42. The van der Waals surface area contributed by atoms with Gasteiger partial charge in [-0.1, -0.05) is 12.1 Å². The van der Waals surface area contributed by atoms with E-state index in [0.717, 1.165) is 11.3 Å². The first-order chi connectivity index (χ1) is 9.26. The number of carbonyl (C=O) groups excluding carboxylic acids is 1. The lowest BCUT2D eigenvalue weighted by Crippen LogP contribution is -2.61. The standard InChI is InChI=1S/C14H17NO4/c1-17-11-4-2-10(3-5-11)8-18-12-7-15-13(16)6-14(15)19-9-12/h2-5,12,14H,6-9H2,1H3/t12-,14-/m0/s1. The first-order valence-corrected chi connectivity index (χ1v) is 6.42. The molecule has 0 spiro atoms. The summed E-state index contributed by atoms with van der Waals surface area (Å²) in [6, 6.07) is 7.76. The van der Waals surface area contributed by atoms with Crippen molar-refractivity contribution in [1.82, 2.24) is 4.90 Å². The number of β-lactam (4-membered cyclic amide) rings is 1. The van der Waals surface area contributed by atoms with Crippen LogP contribution in [0.1, 0.15) is 12.0 Å². The van der Waals surface area contributed by atoms with Gasteiger partial charge in [-0.2, -0.15) is 0 Å². The fraction of sp³-hybridized carbons (Fsp3) is 0.500. The van der Waals surface area contributed by atoms with Gasteiger partial charge < -0.3 is 19.1 Å². The minimum absolute atomic E-state index is 0.00617. The van der Waals surface area contributed by atoms with Crippen LogP contribution in [0.2, 0.25) is 0 Å². The third-order valence-corrected chi connectivity index (χ3v) is 3.54. The molecule has 3 rings (SSSR count). The molecule has 2 fully saturated rings. The van der Waals surface area contributed by atoms with Gasteiger partial charge in [-0.3, -0.25) is 4.79 Å². The number of hydrogen-bond donors (Lipinski definition) is 0. The Morgan fingerprint density at radius 2 is 2.16 bits per heavy atom. The molecule has 0 radical (unpaired) electrons. The smallest absolute Gasteiger partial charge is 0.229 e. The molecule has 2 heterocycles. The van der Waals surface area contributed by atoms with Crippen molar-refractivity contribution >= 4 is 5.91 Å². The quantitative estimate of drug-likeness (QED) is 0.765. The molecule has 5 heteroatoms. The van der Waals surface area contributed by atoms with Gasteiger partial charge in [-0.05, 0) is 17.7 Å². The molecule has 0 aromatic heterocycles. The van der Waals surface area contributed by atoms with Crippen LogP contribution in [0.5, 0.6) is 5.75 Å². The van der Waals surface area contributed by atoms with Gasteiger partial charge in [0, 0.05) is 0 Å². The van der Waals surface area contributed by atoms with E-state index in [-0.39, 0.29) is 18.2 Å². The van der Waals surface area contributed by atoms with E-state index in [1.165, 1.54) is 0 Å². The molecule has 5 nitrogen and oxygen atoms in total. The second kappa shape index (κ2) is 5.19. The van der Waals surface area contributed by atoms with Crippen molar-refractivity contribution in [2.24, 2.45) is 0 Å². The van der Waals surface area contributed by atoms with Gasteiger partial charge in [0.1, 0.15) is 12.0 Å². The van der Waals surface area contributed by atoms with Gasteiger partial charge in [-0.25, -0.2) is 0 Å². The van der Waals surface area contributed by atoms with Crippen LogP contribution < -0.4 is 4.74 Å². The van der Waals surface area contributed by atoms with Gasteiger partial charge in [0.05, 0.1) is 39.4 Å². The van der Waals surface area contributed by atoms with Gasteiger partial charge in [0.25, 0.3) is 0 Å². The molecule has 0 bridgehead atoms. The van der Waals surface area contributed by atoms with Crippen molar-refractivity contribution in [3.05, 3.63) is 29.8 Å². The number of nitrogens with zero attached hydrogens (tertiary/aromatic N) is 1. The molecule has 1 amide bonds. The zero-order valence-corrected chi connectivity index (χ0v) is 10.9. The van der Waals surface area contributed by atoms with Crippen molar-refractivity contribution < 1.29 is 19.0 Å². The molecule has 0 unspecified atom stereocenters. The number of ether oxygens (including phenoxy) is 3. The molecule has 2 aliphatic heterocycles. The fourth-order valence-electron chi connectivity index (χ4n) is 2.32. The SMILES string of the molecule is COc1ccc(CO[C@@H]2CO[C@H]3CC(=O)N3C2)cc1. The predicted molar refractivity (Wildman–Crippen MR) is 67.6 cm³/mol. The zero-order chi connectivity index (χ0) is 13.2.